The molecule has 0 amide bonds. The molecule has 2 saturated heterocycles. The summed E-state index contributed by atoms with van der Waals surface area (Å²) in [6.45, 7) is 9.02. The molecule has 0 saturated carbocycles. The van der Waals surface area contributed by atoms with Gasteiger partial charge in [-0.25, -0.2) is 0 Å². The van der Waals surface area contributed by atoms with E-state index in [2.05, 4.69) is 37.2 Å². The smallest absolute Gasteiger partial charge is 0.0231 e. The van der Waals surface area contributed by atoms with Crippen LogP contribution in [0.5, 0.6) is 0 Å². The van der Waals surface area contributed by atoms with Crippen molar-refractivity contribution in [3.05, 3.63) is 12.2 Å². The van der Waals surface area contributed by atoms with E-state index in [1.54, 1.807) is 0 Å². The highest BCUT2D eigenvalue weighted by molar-refractivity contribution is 8.01. The van der Waals surface area contributed by atoms with Gasteiger partial charge in [-0.2, -0.15) is 0 Å². The Kier molecular flexibility index (Phi) is 2.45. The van der Waals surface area contributed by atoms with Crippen molar-refractivity contribution in [1.29, 1.82) is 0 Å². The molecule has 0 aromatic rings. The van der Waals surface area contributed by atoms with Gasteiger partial charge >= 0.3 is 0 Å². The van der Waals surface area contributed by atoms with Crippen LogP contribution in [0.1, 0.15) is 26.2 Å². The minimum absolute atomic E-state index is 0.572. The summed E-state index contributed by atoms with van der Waals surface area (Å²) in [5.74, 6) is 0. The second kappa shape index (κ2) is 3.32. The van der Waals surface area contributed by atoms with Gasteiger partial charge in [-0.1, -0.05) is 12.2 Å². The van der Waals surface area contributed by atoms with E-state index in [4.69, 9.17) is 0 Å². The number of rotatable bonds is 0. The minimum atomic E-state index is 0.572. The number of hydrogen-bond acceptors (Lipinski definition) is 2. The van der Waals surface area contributed by atoms with Crippen LogP contribution in [0, 0.1) is 0 Å². The molecule has 0 N–H and O–H groups in total. The van der Waals surface area contributed by atoms with Gasteiger partial charge in [0.2, 0.25) is 0 Å². The molecule has 0 bridgehead atoms. The third-order valence-corrected chi connectivity index (χ3v) is 5.19. The fraction of sp³-hybridized carbons (Fsp3) is 0.818. The largest absolute Gasteiger partial charge is 0.306 e. The van der Waals surface area contributed by atoms with Crippen LogP contribution in [-0.2, 0) is 0 Å². The van der Waals surface area contributed by atoms with Crippen LogP contribution in [0.25, 0.3) is 0 Å². The van der Waals surface area contributed by atoms with Crippen LogP contribution in [0.2, 0.25) is 0 Å². The highest BCUT2D eigenvalue weighted by atomic mass is 32.2. The molecular formula is C11H19NS. The molecule has 2 heterocycles. The molecular weight excluding hydrogens is 178 g/mol. The highest BCUT2D eigenvalue weighted by Gasteiger charge is 2.41. The minimum Gasteiger partial charge on any atom is -0.306 e. The van der Waals surface area contributed by atoms with Crippen LogP contribution in [0.3, 0.4) is 0 Å². The zero-order valence-electron chi connectivity index (χ0n) is 8.68. The Hall–Kier alpha value is 0.0500. The molecule has 2 aliphatic heterocycles. The first kappa shape index (κ1) is 9.60. The summed E-state index contributed by atoms with van der Waals surface area (Å²) in [6, 6.07) is 0. The molecule has 1 unspecified atom stereocenters. The fourth-order valence-electron chi connectivity index (χ4n) is 2.38. The third-order valence-electron chi connectivity index (χ3n) is 3.45. The maximum Gasteiger partial charge on any atom is 0.0231 e. The van der Waals surface area contributed by atoms with Gasteiger partial charge in [0.1, 0.15) is 0 Å². The fourth-order valence-corrected chi connectivity index (χ4v) is 4.07. The van der Waals surface area contributed by atoms with Crippen LogP contribution in [-0.4, -0.2) is 35.0 Å². The Balaban J connectivity index is 2.03. The summed E-state index contributed by atoms with van der Waals surface area (Å²) >= 11 is 2.17. The first-order valence-electron chi connectivity index (χ1n) is 5.15. The maximum atomic E-state index is 4.17. The second-order valence-electron chi connectivity index (χ2n) is 4.58. The lowest BCUT2D eigenvalue weighted by Gasteiger charge is -2.37. The SMILES string of the molecule is C=C1CC2(CCN(C)CC2)SC1C. The van der Waals surface area contributed by atoms with E-state index in [1.165, 1.54) is 37.9 Å². The van der Waals surface area contributed by atoms with Gasteiger partial charge in [-0.15, -0.1) is 11.8 Å². The summed E-state index contributed by atoms with van der Waals surface area (Å²) in [5, 5.41) is 0.698. The summed E-state index contributed by atoms with van der Waals surface area (Å²) in [6.07, 6.45) is 3.99. The molecule has 2 rings (SSSR count). The molecule has 0 aromatic carbocycles. The summed E-state index contributed by atoms with van der Waals surface area (Å²) in [4.78, 5) is 2.44. The van der Waals surface area contributed by atoms with Crippen molar-refractivity contribution in [3.8, 4) is 0 Å². The number of likely N-dealkylation sites (tertiary alicyclic amines) is 1. The lowest BCUT2D eigenvalue weighted by atomic mass is 9.89. The Morgan fingerprint density at radius 3 is 2.54 bits per heavy atom. The zero-order chi connectivity index (χ0) is 9.47. The number of thioether (sulfide) groups is 1. The average Bonchev–Trinajstić information content (AvgIpc) is 2.36. The Morgan fingerprint density at radius 1 is 1.46 bits per heavy atom. The normalized spacial score (nSPS) is 34.3. The average molecular weight is 197 g/mol. The molecule has 0 aliphatic carbocycles. The predicted octanol–water partition coefficient (Wildman–Crippen LogP) is 2.53. The molecule has 2 aliphatic rings. The molecule has 1 spiro atoms. The van der Waals surface area contributed by atoms with Crippen LogP contribution in [0.15, 0.2) is 12.2 Å². The lowest BCUT2D eigenvalue weighted by Crippen LogP contribution is -2.39. The molecule has 1 atom stereocenters. The van der Waals surface area contributed by atoms with Crippen molar-refractivity contribution in [3.63, 3.8) is 0 Å². The van der Waals surface area contributed by atoms with Crippen LogP contribution < -0.4 is 0 Å². The predicted molar refractivity (Wildman–Crippen MR) is 60.3 cm³/mol. The molecule has 2 heteroatoms. The Bertz CT molecular complexity index is 216. The van der Waals surface area contributed by atoms with Crippen LogP contribution in [0.4, 0.5) is 0 Å². The Morgan fingerprint density at radius 2 is 2.08 bits per heavy atom. The first-order valence-corrected chi connectivity index (χ1v) is 6.03. The molecule has 13 heavy (non-hydrogen) atoms. The summed E-state index contributed by atoms with van der Waals surface area (Å²) in [5.41, 5.74) is 1.47. The van der Waals surface area contributed by atoms with Gasteiger partial charge in [-0.3, -0.25) is 0 Å². The van der Waals surface area contributed by atoms with E-state index in [9.17, 15) is 0 Å². The summed E-state index contributed by atoms with van der Waals surface area (Å²) in [7, 11) is 2.23. The van der Waals surface area contributed by atoms with Crippen molar-refractivity contribution < 1.29 is 0 Å². The summed E-state index contributed by atoms with van der Waals surface area (Å²) < 4.78 is 0.572. The van der Waals surface area contributed by atoms with Gasteiger partial charge in [-0.05, 0) is 46.3 Å². The molecule has 1 nitrogen and oxygen atoms in total. The number of nitrogens with zero attached hydrogens (tertiary/aromatic N) is 1. The van der Waals surface area contributed by atoms with Crippen molar-refractivity contribution >= 4 is 11.8 Å². The highest BCUT2D eigenvalue weighted by Crippen LogP contribution is 2.51. The standard InChI is InChI=1S/C11H19NS/c1-9-8-11(13-10(9)2)4-6-12(3)7-5-11/h10H,1,4-8H2,2-3H3. The number of piperidine rings is 1. The van der Waals surface area contributed by atoms with E-state index in [-0.39, 0.29) is 0 Å². The van der Waals surface area contributed by atoms with E-state index in [1.807, 2.05) is 0 Å². The van der Waals surface area contributed by atoms with E-state index >= 15 is 0 Å². The van der Waals surface area contributed by atoms with Gasteiger partial charge in [0, 0.05) is 10.00 Å². The third kappa shape index (κ3) is 1.79. The molecule has 74 valence electrons. The van der Waals surface area contributed by atoms with Crippen molar-refractivity contribution in [2.45, 2.75) is 36.2 Å². The van der Waals surface area contributed by atoms with Gasteiger partial charge in [0.15, 0.2) is 0 Å². The maximum absolute atomic E-state index is 4.17. The van der Waals surface area contributed by atoms with Crippen molar-refractivity contribution in [1.82, 2.24) is 4.90 Å². The van der Waals surface area contributed by atoms with E-state index in [0.717, 1.165) is 0 Å². The zero-order valence-corrected chi connectivity index (χ0v) is 9.49. The Labute approximate surface area is 85.6 Å². The van der Waals surface area contributed by atoms with Gasteiger partial charge < -0.3 is 4.90 Å². The van der Waals surface area contributed by atoms with Crippen molar-refractivity contribution in [2.75, 3.05) is 20.1 Å². The molecule has 2 fully saturated rings. The van der Waals surface area contributed by atoms with E-state index < -0.39 is 0 Å². The van der Waals surface area contributed by atoms with Crippen molar-refractivity contribution in [2.24, 2.45) is 0 Å². The second-order valence-corrected chi connectivity index (χ2v) is 6.39. The van der Waals surface area contributed by atoms with Gasteiger partial charge in [0.25, 0.3) is 0 Å². The number of hydrogen-bond donors (Lipinski definition) is 0. The lowest BCUT2D eigenvalue weighted by molar-refractivity contribution is 0.240. The van der Waals surface area contributed by atoms with E-state index in [0.29, 0.717) is 10.00 Å². The van der Waals surface area contributed by atoms with Gasteiger partial charge in [0.05, 0.1) is 0 Å². The quantitative estimate of drug-likeness (QED) is 0.549. The molecule has 0 radical (unpaired) electrons. The topological polar surface area (TPSA) is 3.24 Å². The monoisotopic (exact) mass is 197 g/mol. The first-order chi connectivity index (χ1) is 6.11. The van der Waals surface area contributed by atoms with Crippen LogP contribution >= 0.6 is 11.8 Å². The molecule has 0 aromatic heterocycles.